The molecule has 8 heteroatoms. The summed E-state index contributed by atoms with van der Waals surface area (Å²) in [6.07, 6.45) is 0. The largest absolute Gasteiger partial charge is 0.497 e. The van der Waals surface area contributed by atoms with E-state index in [1.807, 2.05) is 31.2 Å². The second kappa shape index (κ2) is 9.82. The maximum absolute atomic E-state index is 12.5. The van der Waals surface area contributed by atoms with Gasteiger partial charge in [0.2, 0.25) is 11.8 Å². The van der Waals surface area contributed by atoms with Crippen molar-refractivity contribution < 1.29 is 14.3 Å². The summed E-state index contributed by atoms with van der Waals surface area (Å²) >= 11 is 7.38. The molecule has 0 atom stereocenters. The van der Waals surface area contributed by atoms with Crippen LogP contribution in [0.2, 0.25) is 5.02 Å². The average molecular weight is 444 g/mol. The molecule has 1 aromatic heterocycles. The van der Waals surface area contributed by atoms with E-state index >= 15 is 0 Å². The summed E-state index contributed by atoms with van der Waals surface area (Å²) < 4.78 is 5.26. The van der Waals surface area contributed by atoms with E-state index < -0.39 is 0 Å². The van der Waals surface area contributed by atoms with Gasteiger partial charge in [0, 0.05) is 18.5 Å². The number of amides is 2. The second-order valence-electron chi connectivity index (χ2n) is 6.73. The maximum Gasteiger partial charge on any atom is 0.244 e. The Hall–Kier alpha value is -2.77. The Morgan fingerprint density at radius 1 is 1.20 bits per heavy atom. The summed E-state index contributed by atoms with van der Waals surface area (Å²) in [6.45, 7) is 1.94. The fourth-order valence-electron chi connectivity index (χ4n) is 2.85. The summed E-state index contributed by atoms with van der Waals surface area (Å²) in [5, 5.41) is 4.95. The van der Waals surface area contributed by atoms with E-state index in [9.17, 15) is 9.59 Å². The van der Waals surface area contributed by atoms with E-state index in [0.29, 0.717) is 10.7 Å². The first-order valence-electron chi connectivity index (χ1n) is 9.24. The minimum absolute atomic E-state index is 0.0635. The van der Waals surface area contributed by atoms with Gasteiger partial charge in [-0.05, 0) is 42.8 Å². The van der Waals surface area contributed by atoms with Gasteiger partial charge < -0.3 is 15.0 Å². The lowest BCUT2D eigenvalue weighted by Gasteiger charge is -2.17. The topological polar surface area (TPSA) is 71.5 Å². The summed E-state index contributed by atoms with van der Waals surface area (Å²) in [5.74, 6) is 0.435. The molecule has 0 unspecified atom stereocenters. The van der Waals surface area contributed by atoms with Crippen LogP contribution in [0.5, 0.6) is 5.75 Å². The highest BCUT2D eigenvalue weighted by molar-refractivity contribution is 7.99. The number of fused-ring (bicyclic) bond motifs is 1. The first kappa shape index (κ1) is 21.9. The van der Waals surface area contributed by atoms with Gasteiger partial charge in [-0.25, -0.2) is 4.98 Å². The summed E-state index contributed by atoms with van der Waals surface area (Å²) in [7, 11) is 3.21. The molecule has 2 aromatic carbocycles. The molecule has 156 valence electrons. The minimum Gasteiger partial charge on any atom is -0.497 e. The van der Waals surface area contributed by atoms with Crippen molar-refractivity contribution in [2.45, 2.75) is 11.9 Å². The lowest BCUT2D eigenvalue weighted by atomic mass is 10.1. The van der Waals surface area contributed by atoms with Gasteiger partial charge in [0.15, 0.2) is 0 Å². The normalized spacial score (nSPS) is 10.7. The van der Waals surface area contributed by atoms with Gasteiger partial charge in [-0.15, -0.1) is 0 Å². The number of likely N-dealkylation sites (N-methyl/N-ethyl adjacent to an activating group) is 1. The number of ether oxygens (including phenoxy) is 1. The van der Waals surface area contributed by atoms with Crippen LogP contribution >= 0.6 is 23.4 Å². The molecule has 0 aliphatic carbocycles. The van der Waals surface area contributed by atoms with Gasteiger partial charge in [-0.3, -0.25) is 9.59 Å². The number of anilines is 1. The third-order valence-corrected chi connectivity index (χ3v) is 5.72. The highest BCUT2D eigenvalue weighted by atomic mass is 35.5. The molecule has 6 nitrogen and oxygen atoms in total. The Labute approximate surface area is 184 Å². The SMILES string of the molecule is COc1ccc2c(C)cc(SCC(=O)N(C)CC(=O)Nc3ccccc3Cl)nc2c1. The van der Waals surface area contributed by atoms with Crippen LogP contribution in [-0.2, 0) is 9.59 Å². The van der Waals surface area contributed by atoms with Crippen LogP contribution in [0.3, 0.4) is 0 Å². The van der Waals surface area contributed by atoms with Crippen molar-refractivity contribution in [2.75, 3.05) is 31.8 Å². The molecule has 3 aromatic rings. The van der Waals surface area contributed by atoms with E-state index in [-0.39, 0.29) is 24.1 Å². The van der Waals surface area contributed by atoms with Crippen molar-refractivity contribution in [2.24, 2.45) is 0 Å². The zero-order chi connectivity index (χ0) is 21.7. The number of para-hydroxylation sites is 1. The number of thioether (sulfide) groups is 1. The molecule has 0 saturated heterocycles. The number of nitrogens with one attached hydrogen (secondary N) is 1. The standard InChI is InChI=1S/C22H22ClN3O3S/c1-14-10-21(25-19-11-15(29-3)8-9-16(14)19)30-13-22(28)26(2)12-20(27)24-18-7-5-4-6-17(18)23/h4-11H,12-13H2,1-3H3,(H,24,27). The quantitative estimate of drug-likeness (QED) is 0.548. The number of carbonyl (C=O) groups is 2. The number of benzene rings is 2. The Bertz CT molecular complexity index is 1090. The van der Waals surface area contributed by atoms with Crippen molar-refractivity contribution in [3.63, 3.8) is 0 Å². The van der Waals surface area contributed by atoms with Crippen LogP contribution in [0, 0.1) is 6.92 Å². The molecular formula is C22H22ClN3O3S. The third kappa shape index (κ3) is 5.43. The van der Waals surface area contributed by atoms with Gasteiger partial charge in [-0.1, -0.05) is 35.5 Å². The van der Waals surface area contributed by atoms with Gasteiger partial charge in [0.1, 0.15) is 5.75 Å². The van der Waals surface area contributed by atoms with E-state index in [1.165, 1.54) is 16.7 Å². The number of methoxy groups -OCH3 is 1. The number of hydrogen-bond acceptors (Lipinski definition) is 5. The molecule has 0 spiro atoms. The van der Waals surface area contributed by atoms with Crippen LogP contribution in [0.15, 0.2) is 53.6 Å². The zero-order valence-corrected chi connectivity index (χ0v) is 18.5. The van der Waals surface area contributed by atoms with E-state index in [4.69, 9.17) is 16.3 Å². The molecule has 3 rings (SSSR count). The van der Waals surface area contributed by atoms with Crippen molar-refractivity contribution in [1.82, 2.24) is 9.88 Å². The van der Waals surface area contributed by atoms with E-state index in [0.717, 1.165) is 27.2 Å². The first-order valence-corrected chi connectivity index (χ1v) is 10.6. The number of pyridine rings is 1. The highest BCUT2D eigenvalue weighted by Crippen LogP contribution is 2.26. The Balaban J connectivity index is 1.59. The number of rotatable bonds is 7. The second-order valence-corrected chi connectivity index (χ2v) is 8.13. The van der Waals surface area contributed by atoms with Crippen molar-refractivity contribution in [1.29, 1.82) is 0 Å². The molecule has 0 fully saturated rings. The number of nitrogens with zero attached hydrogens (tertiary/aromatic N) is 2. The number of aromatic nitrogens is 1. The Morgan fingerprint density at radius 3 is 2.70 bits per heavy atom. The lowest BCUT2D eigenvalue weighted by Crippen LogP contribution is -2.36. The molecule has 1 N–H and O–H groups in total. The van der Waals surface area contributed by atoms with Crippen LogP contribution in [0.4, 0.5) is 5.69 Å². The highest BCUT2D eigenvalue weighted by Gasteiger charge is 2.15. The maximum atomic E-state index is 12.5. The van der Waals surface area contributed by atoms with Crippen LogP contribution in [0.25, 0.3) is 10.9 Å². The number of hydrogen-bond donors (Lipinski definition) is 1. The summed E-state index contributed by atoms with van der Waals surface area (Å²) in [6, 6.07) is 14.7. The van der Waals surface area contributed by atoms with Crippen LogP contribution < -0.4 is 10.1 Å². The average Bonchev–Trinajstić information content (AvgIpc) is 2.73. The predicted octanol–water partition coefficient (Wildman–Crippen LogP) is 4.39. The zero-order valence-electron chi connectivity index (χ0n) is 16.9. The third-order valence-electron chi connectivity index (χ3n) is 4.50. The van der Waals surface area contributed by atoms with Crippen LogP contribution in [0.1, 0.15) is 5.56 Å². The molecule has 1 heterocycles. The number of halogens is 1. The predicted molar refractivity (Wildman–Crippen MR) is 121 cm³/mol. The lowest BCUT2D eigenvalue weighted by molar-refractivity contribution is -0.131. The van der Waals surface area contributed by atoms with Crippen LogP contribution in [-0.4, -0.2) is 48.2 Å². The Kier molecular flexibility index (Phi) is 7.18. The molecular weight excluding hydrogens is 422 g/mol. The fraction of sp³-hybridized carbons (Fsp3) is 0.227. The van der Waals surface area contributed by atoms with Gasteiger partial charge in [0.05, 0.1) is 40.7 Å². The molecule has 0 radical (unpaired) electrons. The number of carbonyl (C=O) groups excluding carboxylic acids is 2. The first-order chi connectivity index (χ1) is 14.4. The molecule has 0 saturated carbocycles. The monoisotopic (exact) mass is 443 g/mol. The van der Waals surface area contributed by atoms with Crippen molar-refractivity contribution in [3.05, 3.63) is 59.1 Å². The number of aryl methyl sites for hydroxylation is 1. The molecule has 0 bridgehead atoms. The summed E-state index contributed by atoms with van der Waals surface area (Å²) in [5.41, 5.74) is 2.41. The summed E-state index contributed by atoms with van der Waals surface area (Å²) in [4.78, 5) is 30.7. The Morgan fingerprint density at radius 2 is 1.97 bits per heavy atom. The molecule has 0 aliphatic heterocycles. The molecule has 2 amide bonds. The minimum atomic E-state index is -0.310. The van der Waals surface area contributed by atoms with Gasteiger partial charge in [0.25, 0.3) is 0 Å². The molecule has 30 heavy (non-hydrogen) atoms. The smallest absolute Gasteiger partial charge is 0.244 e. The van der Waals surface area contributed by atoms with Crippen molar-refractivity contribution >= 4 is 51.8 Å². The van der Waals surface area contributed by atoms with Crippen molar-refractivity contribution in [3.8, 4) is 5.75 Å². The fourth-order valence-corrected chi connectivity index (χ4v) is 3.95. The molecule has 0 aliphatic rings. The van der Waals surface area contributed by atoms with E-state index in [2.05, 4.69) is 10.3 Å². The van der Waals surface area contributed by atoms with Gasteiger partial charge >= 0.3 is 0 Å². The van der Waals surface area contributed by atoms with Gasteiger partial charge in [-0.2, -0.15) is 0 Å². The van der Waals surface area contributed by atoms with E-state index in [1.54, 1.807) is 38.4 Å².